The quantitative estimate of drug-likeness (QED) is 0.828. The van der Waals surface area contributed by atoms with Crippen LogP contribution in [0.15, 0.2) is 29.2 Å². The Bertz CT molecular complexity index is 799. The summed E-state index contributed by atoms with van der Waals surface area (Å²) in [7, 11) is -3.59. The van der Waals surface area contributed by atoms with E-state index in [1.54, 1.807) is 29.2 Å². The molecule has 0 bridgehead atoms. The van der Waals surface area contributed by atoms with E-state index >= 15 is 0 Å². The molecule has 7 nitrogen and oxygen atoms in total. The van der Waals surface area contributed by atoms with Crippen LogP contribution in [0.3, 0.4) is 0 Å². The van der Waals surface area contributed by atoms with Crippen LogP contribution < -0.4 is 5.73 Å². The van der Waals surface area contributed by atoms with Gasteiger partial charge < -0.3 is 10.6 Å². The molecule has 148 valence electrons. The third-order valence-corrected chi connectivity index (χ3v) is 7.48. The Morgan fingerprint density at radius 2 is 1.63 bits per heavy atom. The molecule has 2 fully saturated rings. The van der Waals surface area contributed by atoms with E-state index in [1.165, 1.54) is 4.31 Å². The normalized spacial score (nSPS) is 22.6. The number of rotatable bonds is 4. The van der Waals surface area contributed by atoms with Crippen LogP contribution in [0.1, 0.15) is 31.2 Å². The summed E-state index contributed by atoms with van der Waals surface area (Å²) in [6.45, 7) is 3.57. The molecule has 0 radical (unpaired) electrons. The summed E-state index contributed by atoms with van der Waals surface area (Å²) >= 11 is 0. The van der Waals surface area contributed by atoms with Gasteiger partial charge in [0.1, 0.15) is 0 Å². The van der Waals surface area contributed by atoms with Crippen LogP contribution in [0.2, 0.25) is 0 Å². The number of carbonyl (C=O) groups is 2. The molecular weight excluding hydrogens is 366 g/mol. The summed E-state index contributed by atoms with van der Waals surface area (Å²) in [5, 5.41) is 0. The van der Waals surface area contributed by atoms with Crippen molar-refractivity contribution in [3.05, 3.63) is 29.8 Å². The van der Waals surface area contributed by atoms with E-state index in [9.17, 15) is 18.0 Å². The Hall–Kier alpha value is -1.93. The average molecular weight is 394 g/mol. The number of hydrogen-bond donors (Lipinski definition) is 1. The van der Waals surface area contributed by atoms with Crippen LogP contribution >= 0.6 is 0 Å². The number of piperidine rings is 2. The lowest BCUT2D eigenvalue weighted by Crippen LogP contribution is -2.49. The SMILES string of the molecule is Cc1ccc(S(=O)(=O)N2CCC[C@@H](C(=O)N3CCC(C(N)=O)CC3)C2)cc1. The first kappa shape index (κ1) is 19.8. The van der Waals surface area contributed by atoms with Crippen LogP contribution in [-0.4, -0.2) is 55.6 Å². The lowest BCUT2D eigenvalue weighted by atomic mass is 9.93. The van der Waals surface area contributed by atoms with Crippen LogP contribution in [-0.2, 0) is 19.6 Å². The van der Waals surface area contributed by atoms with Gasteiger partial charge in [-0.15, -0.1) is 0 Å². The van der Waals surface area contributed by atoms with Crippen molar-refractivity contribution in [2.45, 2.75) is 37.5 Å². The molecule has 2 N–H and O–H groups in total. The minimum absolute atomic E-state index is 0.0123. The summed E-state index contributed by atoms with van der Waals surface area (Å²) in [5.74, 6) is -0.820. The number of likely N-dealkylation sites (tertiary alicyclic amines) is 1. The predicted molar refractivity (Wildman–Crippen MR) is 101 cm³/mol. The third-order valence-electron chi connectivity index (χ3n) is 5.60. The second kappa shape index (κ2) is 7.98. The Labute approximate surface area is 160 Å². The van der Waals surface area contributed by atoms with Crippen molar-refractivity contribution in [1.82, 2.24) is 9.21 Å². The molecule has 2 saturated heterocycles. The fraction of sp³-hybridized carbons (Fsp3) is 0.579. The highest BCUT2D eigenvalue weighted by molar-refractivity contribution is 7.89. The number of aryl methyl sites for hydroxylation is 1. The molecule has 2 amide bonds. The molecule has 0 aromatic heterocycles. The molecule has 2 heterocycles. The van der Waals surface area contributed by atoms with Gasteiger partial charge >= 0.3 is 0 Å². The monoisotopic (exact) mass is 393 g/mol. The van der Waals surface area contributed by atoms with Gasteiger partial charge in [0.15, 0.2) is 0 Å². The number of sulfonamides is 1. The number of benzene rings is 1. The van der Waals surface area contributed by atoms with Crippen molar-refractivity contribution in [3.8, 4) is 0 Å². The Balaban J connectivity index is 1.66. The lowest BCUT2D eigenvalue weighted by Gasteiger charge is -2.37. The van der Waals surface area contributed by atoms with Gasteiger partial charge in [0, 0.05) is 32.1 Å². The molecule has 2 aliphatic rings. The Kier molecular flexibility index (Phi) is 5.86. The van der Waals surface area contributed by atoms with E-state index in [1.807, 2.05) is 6.92 Å². The van der Waals surface area contributed by atoms with Gasteiger partial charge in [0.05, 0.1) is 10.8 Å². The van der Waals surface area contributed by atoms with E-state index in [-0.39, 0.29) is 35.1 Å². The van der Waals surface area contributed by atoms with Gasteiger partial charge in [-0.2, -0.15) is 4.31 Å². The van der Waals surface area contributed by atoms with E-state index in [2.05, 4.69) is 0 Å². The fourth-order valence-corrected chi connectivity index (χ4v) is 5.39. The molecular formula is C19H27N3O4S. The zero-order chi connectivity index (χ0) is 19.6. The largest absolute Gasteiger partial charge is 0.369 e. The number of primary amides is 1. The first-order valence-corrected chi connectivity index (χ1v) is 10.9. The molecule has 0 saturated carbocycles. The second-order valence-electron chi connectivity index (χ2n) is 7.52. The summed E-state index contributed by atoms with van der Waals surface area (Å²) in [4.78, 5) is 26.2. The highest BCUT2D eigenvalue weighted by atomic mass is 32.2. The van der Waals surface area contributed by atoms with Gasteiger partial charge in [0.2, 0.25) is 21.8 Å². The summed E-state index contributed by atoms with van der Waals surface area (Å²) < 4.78 is 27.3. The molecule has 2 aliphatic heterocycles. The second-order valence-corrected chi connectivity index (χ2v) is 9.46. The first-order valence-electron chi connectivity index (χ1n) is 9.44. The van der Waals surface area contributed by atoms with E-state index in [0.717, 1.165) is 5.56 Å². The van der Waals surface area contributed by atoms with Gasteiger partial charge in [-0.05, 0) is 44.7 Å². The Morgan fingerprint density at radius 3 is 2.22 bits per heavy atom. The van der Waals surface area contributed by atoms with Crippen molar-refractivity contribution in [2.24, 2.45) is 17.6 Å². The summed E-state index contributed by atoms with van der Waals surface area (Å²) in [6, 6.07) is 6.79. The molecule has 0 spiro atoms. The zero-order valence-corrected chi connectivity index (χ0v) is 16.5. The molecule has 27 heavy (non-hydrogen) atoms. The highest BCUT2D eigenvalue weighted by Crippen LogP contribution is 2.27. The number of nitrogens with two attached hydrogens (primary N) is 1. The number of carbonyl (C=O) groups excluding carboxylic acids is 2. The minimum atomic E-state index is -3.59. The first-order chi connectivity index (χ1) is 12.8. The highest BCUT2D eigenvalue weighted by Gasteiger charge is 2.36. The molecule has 0 aliphatic carbocycles. The van der Waals surface area contributed by atoms with Gasteiger partial charge in [-0.1, -0.05) is 17.7 Å². The standard InChI is InChI=1S/C19H27N3O4S/c1-14-4-6-17(7-5-14)27(25,26)22-10-2-3-16(13-22)19(24)21-11-8-15(9-12-21)18(20)23/h4-7,15-16H,2-3,8-13H2,1H3,(H2,20,23)/t16-/m1/s1. The van der Waals surface area contributed by atoms with Gasteiger partial charge in [-0.3, -0.25) is 9.59 Å². The topological polar surface area (TPSA) is 101 Å². The van der Waals surface area contributed by atoms with Crippen LogP contribution in [0.5, 0.6) is 0 Å². The maximum Gasteiger partial charge on any atom is 0.243 e. The van der Waals surface area contributed by atoms with Crippen LogP contribution in [0, 0.1) is 18.8 Å². The van der Waals surface area contributed by atoms with E-state index < -0.39 is 10.0 Å². The van der Waals surface area contributed by atoms with Crippen molar-refractivity contribution in [1.29, 1.82) is 0 Å². The van der Waals surface area contributed by atoms with Gasteiger partial charge in [0.25, 0.3) is 0 Å². The zero-order valence-electron chi connectivity index (χ0n) is 15.6. The molecule has 1 aromatic rings. The van der Waals surface area contributed by atoms with Crippen molar-refractivity contribution in [3.63, 3.8) is 0 Å². The fourth-order valence-electron chi connectivity index (χ4n) is 3.86. The van der Waals surface area contributed by atoms with Crippen molar-refractivity contribution < 1.29 is 18.0 Å². The third kappa shape index (κ3) is 4.32. The lowest BCUT2D eigenvalue weighted by molar-refractivity contribution is -0.139. The smallest absolute Gasteiger partial charge is 0.243 e. The van der Waals surface area contributed by atoms with E-state index in [4.69, 9.17) is 5.73 Å². The van der Waals surface area contributed by atoms with Gasteiger partial charge in [-0.25, -0.2) is 8.42 Å². The van der Waals surface area contributed by atoms with Crippen LogP contribution in [0.4, 0.5) is 0 Å². The maximum atomic E-state index is 12.9. The summed E-state index contributed by atoms with van der Waals surface area (Å²) in [6.07, 6.45) is 2.52. The Morgan fingerprint density at radius 1 is 1.00 bits per heavy atom. The molecule has 1 aromatic carbocycles. The van der Waals surface area contributed by atoms with E-state index in [0.29, 0.717) is 45.3 Å². The number of nitrogens with zero attached hydrogens (tertiary/aromatic N) is 2. The molecule has 3 rings (SSSR count). The number of hydrogen-bond acceptors (Lipinski definition) is 4. The number of amides is 2. The molecule has 1 atom stereocenters. The molecule has 0 unspecified atom stereocenters. The minimum Gasteiger partial charge on any atom is -0.369 e. The molecule has 8 heteroatoms. The summed E-state index contributed by atoms with van der Waals surface area (Å²) in [5.41, 5.74) is 6.35. The maximum absolute atomic E-state index is 12.9. The van der Waals surface area contributed by atoms with Crippen LogP contribution in [0.25, 0.3) is 0 Å². The average Bonchev–Trinajstić information content (AvgIpc) is 2.68. The van der Waals surface area contributed by atoms with Crippen molar-refractivity contribution in [2.75, 3.05) is 26.2 Å². The predicted octanol–water partition coefficient (Wildman–Crippen LogP) is 1.12. The van der Waals surface area contributed by atoms with Crippen molar-refractivity contribution >= 4 is 21.8 Å².